The molecule has 2 aromatic rings. The van der Waals surface area contributed by atoms with Crippen LogP contribution in [-0.4, -0.2) is 10.9 Å². The number of anilines is 1. The van der Waals surface area contributed by atoms with Crippen molar-refractivity contribution in [3.8, 4) is 0 Å². The van der Waals surface area contributed by atoms with Crippen LogP contribution in [0.15, 0.2) is 41.0 Å². The van der Waals surface area contributed by atoms with E-state index in [1.165, 1.54) is 0 Å². The van der Waals surface area contributed by atoms with Crippen LogP contribution in [0.1, 0.15) is 21.5 Å². The third-order valence-corrected chi connectivity index (χ3v) is 3.44. The molecule has 0 aliphatic heterocycles. The normalized spacial score (nSPS) is 10.2. The predicted molar refractivity (Wildman–Crippen MR) is 75.8 cm³/mol. The standard InChI is InChI=1S/C14H13BrN2O/c1-9-3-6-13(16-8-9)17-14(18)11-5-4-10(2)12(15)7-11/h3-8H,1-2H3,(H,16,17,18). The van der Waals surface area contributed by atoms with Gasteiger partial charge in [0.25, 0.3) is 5.91 Å². The minimum Gasteiger partial charge on any atom is -0.307 e. The highest BCUT2D eigenvalue weighted by atomic mass is 79.9. The maximum absolute atomic E-state index is 12.0. The van der Waals surface area contributed by atoms with Crippen molar-refractivity contribution >= 4 is 27.7 Å². The van der Waals surface area contributed by atoms with Crippen LogP contribution < -0.4 is 5.32 Å². The van der Waals surface area contributed by atoms with E-state index in [0.29, 0.717) is 11.4 Å². The highest BCUT2D eigenvalue weighted by Gasteiger charge is 2.07. The van der Waals surface area contributed by atoms with E-state index in [-0.39, 0.29) is 5.91 Å². The average Bonchev–Trinajstić information content (AvgIpc) is 2.35. The van der Waals surface area contributed by atoms with E-state index < -0.39 is 0 Å². The van der Waals surface area contributed by atoms with Crippen LogP contribution in [-0.2, 0) is 0 Å². The summed E-state index contributed by atoms with van der Waals surface area (Å²) in [6.07, 6.45) is 1.72. The first-order chi connectivity index (χ1) is 8.56. The number of carbonyl (C=O) groups is 1. The minimum atomic E-state index is -0.160. The summed E-state index contributed by atoms with van der Waals surface area (Å²) in [7, 11) is 0. The van der Waals surface area contributed by atoms with Crippen LogP contribution in [0, 0.1) is 13.8 Å². The molecule has 4 heteroatoms. The molecular weight excluding hydrogens is 292 g/mol. The zero-order valence-electron chi connectivity index (χ0n) is 10.2. The number of halogens is 1. The second kappa shape index (κ2) is 5.31. The number of rotatable bonds is 2. The molecule has 0 radical (unpaired) electrons. The Morgan fingerprint density at radius 3 is 2.61 bits per heavy atom. The highest BCUT2D eigenvalue weighted by molar-refractivity contribution is 9.10. The molecule has 0 spiro atoms. The molecule has 1 heterocycles. The fourth-order valence-corrected chi connectivity index (χ4v) is 1.84. The lowest BCUT2D eigenvalue weighted by Gasteiger charge is -2.06. The number of aromatic nitrogens is 1. The number of hydrogen-bond acceptors (Lipinski definition) is 2. The quantitative estimate of drug-likeness (QED) is 0.919. The Balaban J connectivity index is 2.16. The monoisotopic (exact) mass is 304 g/mol. The van der Waals surface area contributed by atoms with Crippen LogP contribution in [0.25, 0.3) is 0 Å². The molecule has 0 bridgehead atoms. The van der Waals surface area contributed by atoms with E-state index in [4.69, 9.17) is 0 Å². The molecule has 1 N–H and O–H groups in total. The molecule has 3 nitrogen and oxygen atoms in total. The summed E-state index contributed by atoms with van der Waals surface area (Å²) in [5.41, 5.74) is 2.76. The first-order valence-electron chi connectivity index (χ1n) is 5.56. The molecule has 1 aromatic carbocycles. The van der Waals surface area contributed by atoms with E-state index in [0.717, 1.165) is 15.6 Å². The lowest BCUT2D eigenvalue weighted by Crippen LogP contribution is -2.12. The smallest absolute Gasteiger partial charge is 0.256 e. The first-order valence-corrected chi connectivity index (χ1v) is 6.36. The number of pyridine rings is 1. The van der Waals surface area contributed by atoms with Gasteiger partial charge >= 0.3 is 0 Å². The fourth-order valence-electron chi connectivity index (χ4n) is 1.46. The van der Waals surface area contributed by atoms with Crippen LogP contribution in [0.4, 0.5) is 5.82 Å². The van der Waals surface area contributed by atoms with Crippen molar-refractivity contribution in [3.05, 3.63) is 57.7 Å². The second-order valence-electron chi connectivity index (χ2n) is 4.14. The molecule has 0 aliphatic carbocycles. The molecule has 0 saturated heterocycles. The summed E-state index contributed by atoms with van der Waals surface area (Å²) in [5.74, 6) is 0.398. The Hall–Kier alpha value is -1.68. The van der Waals surface area contributed by atoms with E-state index in [9.17, 15) is 4.79 Å². The maximum atomic E-state index is 12.0. The molecule has 18 heavy (non-hydrogen) atoms. The SMILES string of the molecule is Cc1ccc(NC(=O)c2ccc(C)c(Br)c2)nc1. The van der Waals surface area contributed by atoms with Crippen molar-refractivity contribution in [2.45, 2.75) is 13.8 Å². The summed E-state index contributed by atoms with van der Waals surface area (Å²) in [4.78, 5) is 16.1. The summed E-state index contributed by atoms with van der Waals surface area (Å²) in [6.45, 7) is 3.93. The lowest BCUT2D eigenvalue weighted by atomic mass is 10.1. The zero-order chi connectivity index (χ0) is 13.1. The molecule has 2 rings (SSSR count). The molecule has 0 atom stereocenters. The number of hydrogen-bond donors (Lipinski definition) is 1. The van der Waals surface area contributed by atoms with Crippen molar-refractivity contribution in [3.63, 3.8) is 0 Å². The average molecular weight is 305 g/mol. The molecule has 0 saturated carbocycles. The summed E-state index contributed by atoms with van der Waals surface area (Å²) in [5, 5.41) is 2.76. The van der Waals surface area contributed by atoms with Gasteiger partial charge in [0.15, 0.2) is 0 Å². The van der Waals surface area contributed by atoms with Gasteiger partial charge < -0.3 is 5.32 Å². The molecule has 92 valence electrons. The van der Waals surface area contributed by atoms with E-state index in [2.05, 4.69) is 26.2 Å². The van der Waals surface area contributed by atoms with Gasteiger partial charge in [0.1, 0.15) is 5.82 Å². The Bertz CT molecular complexity index is 579. The number of carbonyl (C=O) groups excluding carboxylic acids is 1. The second-order valence-corrected chi connectivity index (χ2v) is 4.99. The van der Waals surface area contributed by atoms with Gasteiger partial charge in [0.2, 0.25) is 0 Å². The van der Waals surface area contributed by atoms with Crippen LogP contribution in [0.5, 0.6) is 0 Å². The van der Waals surface area contributed by atoms with Gasteiger partial charge in [-0.2, -0.15) is 0 Å². The minimum absolute atomic E-state index is 0.160. The van der Waals surface area contributed by atoms with Gasteiger partial charge in [-0.25, -0.2) is 4.98 Å². The lowest BCUT2D eigenvalue weighted by molar-refractivity contribution is 0.102. The van der Waals surface area contributed by atoms with Crippen molar-refractivity contribution in [1.82, 2.24) is 4.98 Å². The molecule has 0 unspecified atom stereocenters. The predicted octanol–water partition coefficient (Wildman–Crippen LogP) is 3.71. The van der Waals surface area contributed by atoms with Gasteiger partial charge in [-0.05, 0) is 43.2 Å². The summed E-state index contributed by atoms with van der Waals surface area (Å²) >= 11 is 3.41. The maximum Gasteiger partial charge on any atom is 0.256 e. The number of amides is 1. The van der Waals surface area contributed by atoms with E-state index >= 15 is 0 Å². The molecule has 1 amide bonds. The molecular formula is C14H13BrN2O. The van der Waals surface area contributed by atoms with Gasteiger partial charge in [-0.1, -0.05) is 28.1 Å². The van der Waals surface area contributed by atoms with Crippen molar-refractivity contribution in [2.24, 2.45) is 0 Å². The third kappa shape index (κ3) is 2.96. The summed E-state index contributed by atoms with van der Waals surface area (Å²) < 4.78 is 0.923. The van der Waals surface area contributed by atoms with Crippen LogP contribution in [0.3, 0.4) is 0 Å². The van der Waals surface area contributed by atoms with Gasteiger partial charge in [-0.3, -0.25) is 4.79 Å². The van der Waals surface area contributed by atoms with Crippen molar-refractivity contribution in [1.29, 1.82) is 0 Å². The number of benzene rings is 1. The third-order valence-electron chi connectivity index (χ3n) is 2.59. The van der Waals surface area contributed by atoms with E-state index in [1.54, 1.807) is 24.4 Å². The number of nitrogens with one attached hydrogen (secondary N) is 1. The Labute approximate surface area is 114 Å². The molecule has 0 fully saturated rings. The number of nitrogens with zero attached hydrogens (tertiary/aromatic N) is 1. The fraction of sp³-hybridized carbons (Fsp3) is 0.143. The van der Waals surface area contributed by atoms with Crippen molar-refractivity contribution < 1.29 is 4.79 Å². The Morgan fingerprint density at radius 1 is 1.22 bits per heavy atom. The van der Waals surface area contributed by atoms with Gasteiger partial charge in [0, 0.05) is 16.2 Å². The molecule has 0 aliphatic rings. The first kappa shape index (κ1) is 12.8. The van der Waals surface area contributed by atoms with Crippen molar-refractivity contribution in [2.75, 3.05) is 5.32 Å². The number of aryl methyl sites for hydroxylation is 2. The largest absolute Gasteiger partial charge is 0.307 e. The Kier molecular flexibility index (Phi) is 3.77. The highest BCUT2D eigenvalue weighted by Crippen LogP contribution is 2.18. The topological polar surface area (TPSA) is 42.0 Å². The zero-order valence-corrected chi connectivity index (χ0v) is 11.8. The molecule has 1 aromatic heterocycles. The van der Waals surface area contributed by atoms with Gasteiger partial charge in [0.05, 0.1) is 0 Å². The van der Waals surface area contributed by atoms with E-state index in [1.807, 2.05) is 26.0 Å². The van der Waals surface area contributed by atoms with Crippen LogP contribution >= 0.6 is 15.9 Å². The van der Waals surface area contributed by atoms with Crippen LogP contribution in [0.2, 0.25) is 0 Å². The van der Waals surface area contributed by atoms with Gasteiger partial charge in [-0.15, -0.1) is 0 Å². The Morgan fingerprint density at radius 2 is 2.00 bits per heavy atom. The summed E-state index contributed by atoms with van der Waals surface area (Å²) in [6, 6.07) is 9.20.